The van der Waals surface area contributed by atoms with Crippen molar-refractivity contribution in [1.82, 2.24) is 5.43 Å². The van der Waals surface area contributed by atoms with E-state index in [2.05, 4.69) is 10.5 Å². The van der Waals surface area contributed by atoms with Crippen LogP contribution in [0.1, 0.15) is 21.7 Å². The number of nitrogens with one attached hydrogen (secondary N) is 1. The largest absolute Gasteiger partial charge is 0.508 e. The smallest absolute Gasteiger partial charge is 0.307 e. The summed E-state index contributed by atoms with van der Waals surface area (Å²) < 4.78 is 5.45. The summed E-state index contributed by atoms with van der Waals surface area (Å²) in [5, 5.41) is 33.1. The van der Waals surface area contributed by atoms with Gasteiger partial charge in [-0.25, -0.2) is 5.43 Å². The van der Waals surface area contributed by atoms with Gasteiger partial charge in [-0.1, -0.05) is 6.07 Å². The van der Waals surface area contributed by atoms with Gasteiger partial charge in [-0.3, -0.25) is 4.79 Å². The molecular formula is C17H14N2O5. The zero-order valence-corrected chi connectivity index (χ0v) is 12.6. The zero-order chi connectivity index (χ0) is 17.3. The Labute approximate surface area is 136 Å². The second-order valence-corrected chi connectivity index (χ2v) is 5.15. The van der Waals surface area contributed by atoms with E-state index in [0.717, 1.165) is 0 Å². The van der Waals surface area contributed by atoms with E-state index in [-0.39, 0.29) is 28.6 Å². The molecule has 0 saturated heterocycles. The molecule has 24 heavy (non-hydrogen) atoms. The van der Waals surface area contributed by atoms with Crippen molar-refractivity contribution >= 4 is 23.1 Å². The average Bonchev–Trinajstić information content (AvgIpc) is 2.89. The van der Waals surface area contributed by atoms with Crippen LogP contribution in [0.3, 0.4) is 0 Å². The lowest BCUT2D eigenvalue weighted by Gasteiger charge is -2.00. The molecule has 0 unspecified atom stereocenters. The molecule has 0 atom stereocenters. The summed E-state index contributed by atoms with van der Waals surface area (Å²) in [6.07, 6.45) is 1.20. The van der Waals surface area contributed by atoms with Gasteiger partial charge in [0.2, 0.25) is 0 Å². The Morgan fingerprint density at radius 1 is 1.17 bits per heavy atom. The maximum Gasteiger partial charge on any atom is 0.307 e. The number of hydrazone groups is 1. The number of furan rings is 1. The minimum Gasteiger partial charge on any atom is -0.508 e. The number of phenols is 3. The maximum atomic E-state index is 12.2. The molecule has 3 aromatic rings. The van der Waals surface area contributed by atoms with Gasteiger partial charge in [0, 0.05) is 11.1 Å². The molecule has 1 amide bonds. The predicted octanol–water partition coefficient (Wildman–Crippen LogP) is 2.62. The van der Waals surface area contributed by atoms with E-state index in [0.29, 0.717) is 16.5 Å². The number of phenolic OH excluding ortho intramolecular Hbond substituents is 3. The molecule has 0 fully saturated rings. The summed E-state index contributed by atoms with van der Waals surface area (Å²) in [7, 11) is 0. The second kappa shape index (κ2) is 5.96. The molecule has 1 aromatic heterocycles. The van der Waals surface area contributed by atoms with Crippen molar-refractivity contribution < 1.29 is 24.5 Å². The van der Waals surface area contributed by atoms with Gasteiger partial charge in [0.05, 0.1) is 11.6 Å². The number of rotatable bonds is 3. The number of hydrogen-bond donors (Lipinski definition) is 4. The Balaban J connectivity index is 1.83. The molecular weight excluding hydrogens is 312 g/mol. The van der Waals surface area contributed by atoms with Crippen LogP contribution in [0.25, 0.3) is 11.0 Å². The fourth-order valence-electron chi connectivity index (χ4n) is 2.35. The van der Waals surface area contributed by atoms with Gasteiger partial charge in [0.25, 0.3) is 0 Å². The van der Waals surface area contributed by atoms with Gasteiger partial charge in [-0.05, 0) is 37.3 Å². The van der Waals surface area contributed by atoms with E-state index in [9.17, 15) is 20.1 Å². The highest BCUT2D eigenvalue weighted by molar-refractivity contribution is 6.01. The first kappa shape index (κ1) is 15.4. The molecule has 122 valence electrons. The third-order valence-corrected chi connectivity index (χ3v) is 3.52. The van der Waals surface area contributed by atoms with Crippen molar-refractivity contribution in [3.05, 3.63) is 53.3 Å². The third kappa shape index (κ3) is 2.74. The molecule has 7 nitrogen and oxygen atoms in total. The summed E-state index contributed by atoms with van der Waals surface area (Å²) in [6.45, 7) is 1.66. The minimum atomic E-state index is -0.598. The normalized spacial score (nSPS) is 11.2. The Hall–Kier alpha value is -3.48. The first-order chi connectivity index (χ1) is 11.5. The molecule has 3 rings (SSSR count). The lowest BCUT2D eigenvalue weighted by atomic mass is 10.1. The first-order valence-electron chi connectivity index (χ1n) is 7.04. The summed E-state index contributed by atoms with van der Waals surface area (Å²) in [5.41, 5.74) is 3.41. The van der Waals surface area contributed by atoms with E-state index in [4.69, 9.17) is 4.42 Å². The predicted molar refractivity (Wildman–Crippen MR) is 87.4 cm³/mol. The number of fused-ring (bicyclic) bond motifs is 1. The van der Waals surface area contributed by atoms with Crippen molar-refractivity contribution in [2.75, 3.05) is 0 Å². The van der Waals surface area contributed by atoms with Crippen LogP contribution in [0.15, 0.2) is 45.9 Å². The molecule has 0 saturated carbocycles. The van der Waals surface area contributed by atoms with Crippen LogP contribution in [0, 0.1) is 6.92 Å². The fourth-order valence-corrected chi connectivity index (χ4v) is 2.35. The zero-order valence-electron chi connectivity index (χ0n) is 12.6. The molecule has 0 bridgehead atoms. The van der Waals surface area contributed by atoms with Gasteiger partial charge >= 0.3 is 5.91 Å². The van der Waals surface area contributed by atoms with Crippen molar-refractivity contribution in [1.29, 1.82) is 0 Å². The van der Waals surface area contributed by atoms with Crippen molar-refractivity contribution in [2.45, 2.75) is 6.92 Å². The van der Waals surface area contributed by atoms with E-state index < -0.39 is 5.91 Å². The number of benzene rings is 2. The lowest BCUT2D eigenvalue weighted by Crippen LogP contribution is -2.17. The number of hydrogen-bond acceptors (Lipinski definition) is 6. The van der Waals surface area contributed by atoms with Gasteiger partial charge in [-0.15, -0.1) is 0 Å². The third-order valence-electron chi connectivity index (χ3n) is 3.52. The maximum absolute atomic E-state index is 12.2. The topological polar surface area (TPSA) is 115 Å². The number of aryl methyl sites for hydroxylation is 1. The van der Waals surface area contributed by atoms with Crippen LogP contribution >= 0.6 is 0 Å². The number of nitrogens with zero attached hydrogens (tertiary/aromatic N) is 1. The second-order valence-electron chi connectivity index (χ2n) is 5.15. The number of carbonyl (C=O) groups excluding carboxylic acids is 1. The number of amides is 1. The van der Waals surface area contributed by atoms with Crippen molar-refractivity contribution in [2.24, 2.45) is 5.10 Å². The molecule has 4 N–H and O–H groups in total. The van der Waals surface area contributed by atoms with E-state index in [1.165, 1.54) is 30.5 Å². The highest BCUT2D eigenvalue weighted by atomic mass is 16.3. The molecule has 0 radical (unpaired) electrons. The van der Waals surface area contributed by atoms with E-state index >= 15 is 0 Å². The SMILES string of the molecule is Cc1c(C(=O)N/N=C\c2cc(O)ccc2O)oc2cccc(O)c12. The van der Waals surface area contributed by atoms with Crippen LogP contribution < -0.4 is 5.43 Å². The highest BCUT2D eigenvalue weighted by Crippen LogP contribution is 2.32. The van der Waals surface area contributed by atoms with Gasteiger partial charge in [0.1, 0.15) is 22.8 Å². The molecule has 0 aliphatic heterocycles. The van der Waals surface area contributed by atoms with Crippen molar-refractivity contribution in [3.8, 4) is 17.2 Å². The van der Waals surface area contributed by atoms with Gasteiger partial charge in [-0.2, -0.15) is 5.10 Å². The summed E-state index contributed by atoms with van der Waals surface area (Å²) in [4.78, 5) is 12.2. The standard InChI is InChI=1S/C17H14N2O5/c1-9-15-13(22)3-2-4-14(15)24-16(9)17(23)19-18-8-10-7-11(20)5-6-12(10)21/h2-8,20-22H,1H3,(H,19,23)/b18-8-. The Morgan fingerprint density at radius 3 is 2.71 bits per heavy atom. The Morgan fingerprint density at radius 2 is 1.96 bits per heavy atom. The minimum absolute atomic E-state index is 0.0287. The highest BCUT2D eigenvalue weighted by Gasteiger charge is 2.19. The lowest BCUT2D eigenvalue weighted by molar-refractivity contribution is 0.0928. The van der Waals surface area contributed by atoms with Crippen LogP contribution in [-0.2, 0) is 0 Å². The van der Waals surface area contributed by atoms with Crippen LogP contribution in [-0.4, -0.2) is 27.4 Å². The van der Waals surface area contributed by atoms with E-state index in [1.54, 1.807) is 19.1 Å². The number of carbonyl (C=O) groups is 1. The summed E-state index contributed by atoms with van der Waals surface area (Å²) in [6, 6.07) is 8.71. The average molecular weight is 326 g/mol. The first-order valence-corrected chi connectivity index (χ1v) is 7.04. The molecule has 2 aromatic carbocycles. The monoisotopic (exact) mass is 326 g/mol. The van der Waals surface area contributed by atoms with Crippen molar-refractivity contribution in [3.63, 3.8) is 0 Å². The molecule has 0 aliphatic rings. The van der Waals surface area contributed by atoms with Gasteiger partial charge in [0.15, 0.2) is 5.76 Å². The van der Waals surface area contributed by atoms with Crippen LogP contribution in [0.5, 0.6) is 17.2 Å². The summed E-state index contributed by atoms with van der Waals surface area (Å²) in [5.74, 6) is -0.663. The molecule has 0 spiro atoms. The quantitative estimate of drug-likeness (QED) is 0.335. The fraction of sp³-hybridized carbons (Fsp3) is 0.0588. The van der Waals surface area contributed by atoms with Crippen LogP contribution in [0.2, 0.25) is 0 Å². The Bertz CT molecular complexity index is 959. The Kier molecular flexibility index (Phi) is 3.83. The van der Waals surface area contributed by atoms with Crippen LogP contribution in [0.4, 0.5) is 0 Å². The number of aromatic hydroxyl groups is 3. The molecule has 0 aliphatic carbocycles. The van der Waals surface area contributed by atoms with Gasteiger partial charge < -0.3 is 19.7 Å². The summed E-state index contributed by atoms with van der Waals surface area (Å²) >= 11 is 0. The molecule has 1 heterocycles. The molecule has 7 heteroatoms. The van der Waals surface area contributed by atoms with E-state index in [1.807, 2.05) is 0 Å².